The number of hydrogen-bond acceptors (Lipinski definition) is 5. The van der Waals surface area contributed by atoms with Crippen LogP contribution < -0.4 is 11.1 Å². The molecule has 2 aliphatic heterocycles. The maximum absolute atomic E-state index is 13.2. The zero-order valence-corrected chi connectivity index (χ0v) is 21.1. The van der Waals surface area contributed by atoms with Crippen molar-refractivity contribution in [2.24, 2.45) is 5.73 Å². The molecule has 0 bridgehead atoms. The van der Waals surface area contributed by atoms with E-state index in [1.807, 2.05) is 18.2 Å². The molecule has 200 valence electrons. The summed E-state index contributed by atoms with van der Waals surface area (Å²) in [5, 5.41) is 3.09. The summed E-state index contributed by atoms with van der Waals surface area (Å²) in [6.45, 7) is 1.49. The Hall–Kier alpha value is -3.64. The number of nitrogens with zero attached hydrogens (tertiary/aromatic N) is 3. The lowest BCUT2D eigenvalue weighted by atomic mass is 10.0. The molecule has 12 heteroatoms. The number of aromatic nitrogens is 1. The molecule has 3 heterocycles. The number of piperidine rings is 1. The van der Waals surface area contributed by atoms with Gasteiger partial charge in [0.25, 0.3) is 0 Å². The van der Waals surface area contributed by atoms with Crippen LogP contribution in [0.3, 0.4) is 0 Å². The molecule has 0 radical (unpaired) electrons. The van der Waals surface area contributed by atoms with E-state index in [-0.39, 0.29) is 24.0 Å². The van der Waals surface area contributed by atoms with Gasteiger partial charge in [0.05, 0.1) is 10.5 Å². The number of nitrogens with two attached hydrogens (primary N) is 1. The fourth-order valence-corrected chi connectivity index (χ4v) is 6.26. The molecule has 38 heavy (non-hydrogen) atoms. The lowest BCUT2D eigenvalue weighted by Crippen LogP contribution is -2.42. The minimum atomic E-state index is -4.45. The molecule has 1 fully saturated rings. The second-order valence-corrected chi connectivity index (χ2v) is 11.4. The van der Waals surface area contributed by atoms with Gasteiger partial charge in [-0.05, 0) is 65.4 Å². The van der Waals surface area contributed by atoms with Gasteiger partial charge in [-0.15, -0.1) is 0 Å². The maximum atomic E-state index is 13.2. The minimum absolute atomic E-state index is 0.0987. The van der Waals surface area contributed by atoms with Crippen LogP contribution in [0.25, 0.3) is 11.1 Å². The smallest absolute Gasteiger partial charge is 0.367 e. The average Bonchev–Trinajstić information content (AvgIpc) is 3.33. The molecule has 2 aliphatic rings. The number of rotatable bonds is 5. The highest BCUT2D eigenvalue weighted by atomic mass is 32.2. The van der Waals surface area contributed by atoms with Crippen LogP contribution in [0.2, 0.25) is 0 Å². The van der Waals surface area contributed by atoms with E-state index in [4.69, 9.17) is 5.73 Å². The highest BCUT2D eigenvalue weighted by Crippen LogP contribution is 2.31. The van der Waals surface area contributed by atoms with Crippen molar-refractivity contribution < 1.29 is 26.4 Å². The quantitative estimate of drug-likeness (QED) is 0.493. The van der Waals surface area contributed by atoms with E-state index >= 15 is 0 Å². The van der Waals surface area contributed by atoms with Gasteiger partial charge in [0.2, 0.25) is 10.0 Å². The van der Waals surface area contributed by atoms with Gasteiger partial charge in [0.1, 0.15) is 5.82 Å². The number of benzene rings is 2. The van der Waals surface area contributed by atoms with E-state index in [1.54, 1.807) is 29.2 Å². The van der Waals surface area contributed by atoms with E-state index in [9.17, 15) is 26.4 Å². The third-order valence-corrected chi connectivity index (χ3v) is 8.88. The Morgan fingerprint density at radius 2 is 1.61 bits per heavy atom. The van der Waals surface area contributed by atoms with Crippen LogP contribution in [0.4, 0.5) is 23.8 Å². The Morgan fingerprint density at radius 3 is 2.21 bits per heavy atom. The molecule has 2 amide bonds. The maximum Gasteiger partial charge on any atom is 0.417 e. The number of fused-ring (bicyclic) bond motifs is 1. The number of urea groups is 1. The molecule has 3 aromatic rings. The first kappa shape index (κ1) is 26.0. The number of carbonyl (C=O) groups is 1. The molecule has 0 spiro atoms. The highest BCUT2D eigenvalue weighted by Gasteiger charge is 2.32. The number of nitrogens with one attached hydrogen (secondary N) is 1. The normalized spacial score (nSPS) is 16.9. The van der Waals surface area contributed by atoms with Crippen LogP contribution in [-0.4, -0.2) is 47.8 Å². The number of alkyl halides is 3. The third-order valence-electron chi connectivity index (χ3n) is 6.96. The van der Waals surface area contributed by atoms with Crippen LogP contribution in [0.15, 0.2) is 65.7 Å². The molecule has 1 aromatic heterocycles. The summed E-state index contributed by atoms with van der Waals surface area (Å²) in [5.74, 6) is 0.323. The first-order chi connectivity index (χ1) is 18.0. The van der Waals surface area contributed by atoms with E-state index in [2.05, 4.69) is 10.3 Å². The Kier molecular flexibility index (Phi) is 6.78. The van der Waals surface area contributed by atoms with Crippen molar-refractivity contribution >= 4 is 21.9 Å². The fraction of sp³-hybridized carbons (Fsp3) is 0.308. The number of halogens is 3. The summed E-state index contributed by atoms with van der Waals surface area (Å²) < 4.78 is 66.1. The summed E-state index contributed by atoms with van der Waals surface area (Å²) in [4.78, 5) is 17.1. The molecule has 5 rings (SSSR count). The number of carbonyl (C=O) groups excluding carboxylic acids is 1. The van der Waals surface area contributed by atoms with Crippen molar-refractivity contribution in [1.82, 2.24) is 14.2 Å². The fourth-order valence-electron chi connectivity index (χ4n) is 4.79. The lowest BCUT2D eigenvalue weighted by Gasteiger charge is -2.32. The van der Waals surface area contributed by atoms with Crippen LogP contribution in [0.1, 0.15) is 29.5 Å². The molecule has 1 saturated heterocycles. The lowest BCUT2D eigenvalue weighted by molar-refractivity contribution is -0.137. The van der Waals surface area contributed by atoms with Crippen LogP contribution >= 0.6 is 0 Å². The summed E-state index contributed by atoms with van der Waals surface area (Å²) in [6, 6.07) is 14.3. The molecule has 8 nitrogen and oxygen atoms in total. The van der Waals surface area contributed by atoms with Gasteiger partial charge in [0, 0.05) is 38.4 Å². The number of anilines is 1. The summed E-state index contributed by atoms with van der Waals surface area (Å²) >= 11 is 0. The van der Waals surface area contributed by atoms with E-state index in [0.29, 0.717) is 31.7 Å². The van der Waals surface area contributed by atoms with Gasteiger partial charge in [-0.3, -0.25) is 0 Å². The van der Waals surface area contributed by atoms with Crippen molar-refractivity contribution in [2.45, 2.75) is 43.0 Å². The number of amides is 2. The van der Waals surface area contributed by atoms with Crippen molar-refractivity contribution in [3.8, 4) is 11.1 Å². The molecule has 2 aromatic carbocycles. The summed E-state index contributed by atoms with van der Waals surface area (Å²) in [5.41, 5.74) is 8.40. The Morgan fingerprint density at radius 1 is 0.947 bits per heavy atom. The number of sulfonamides is 1. The van der Waals surface area contributed by atoms with Gasteiger partial charge in [0.15, 0.2) is 0 Å². The van der Waals surface area contributed by atoms with Crippen molar-refractivity contribution in [2.75, 3.05) is 18.4 Å². The first-order valence-corrected chi connectivity index (χ1v) is 13.5. The van der Waals surface area contributed by atoms with Crippen molar-refractivity contribution in [3.63, 3.8) is 0 Å². The van der Waals surface area contributed by atoms with Gasteiger partial charge in [-0.1, -0.05) is 24.3 Å². The standard InChI is InChI=1S/C26H26F3N5O3S/c27-26(28,29)21-5-8-24(31-14-21)32-22-9-11-34(12-10-22)38(36,37)23-6-3-17(4-7-23)18-1-2-19-15-33(25(30)35)16-20(19)13-18/h1-8,13-14,22H,9-12,15-16H2,(H2,30,35)(H,31,32). The Balaban J connectivity index is 1.20. The Labute approximate surface area is 218 Å². The SMILES string of the molecule is NC(=O)N1Cc2ccc(-c3ccc(S(=O)(=O)N4CCC(Nc5ccc(C(F)(F)F)cn5)CC4)cc3)cc2C1. The zero-order valence-electron chi connectivity index (χ0n) is 20.3. The van der Waals surface area contributed by atoms with Crippen LogP contribution in [-0.2, 0) is 29.3 Å². The van der Waals surface area contributed by atoms with Crippen LogP contribution in [0, 0.1) is 0 Å². The topological polar surface area (TPSA) is 109 Å². The van der Waals surface area contributed by atoms with E-state index in [1.165, 1.54) is 10.4 Å². The van der Waals surface area contributed by atoms with Crippen molar-refractivity contribution in [1.29, 1.82) is 0 Å². The van der Waals surface area contributed by atoms with Crippen molar-refractivity contribution in [3.05, 3.63) is 77.5 Å². The van der Waals surface area contributed by atoms with Gasteiger partial charge >= 0.3 is 12.2 Å². The second kappa shape index (κ2) is 9.91. The number of primary amides is 1. The Bertz CT molecular complexity index is 1440. The van der Waals surface area contributed by atoms with Crippen LogP contribution in [0.5, 0.6) is 0 Å². The number of pyridine rings is 1. The highest BCUT2D eigenvalue weighted by molar-refractivity contribution is 7.89. The number of hydrogen-bond donors (Lipinski definition) is 2. The molecule has 0 saturated carbocycles. The zero-order chi connectivity index (χ0) is 27.1. The van der Waals surface area contributed by atoms with Gasteiger partial charge in [-0.25, -0.2) is 18.2 Å². The molecular weight excluding hydrogens is 519 g/mol. The molecule has 0 aliphatic carbocycles. The monoisotopic (exact) mass is 545 g/mol. The average molecular weight is 546 g/mol. The minimum Gasteiger partial charge on any atom is -0.367 e. The van der Waals surface area contributed by atoms with E-state index < -0.39 is 27.8 Å². The molecule has 3 N–H and O–H groups in total. The molecule has 0 unspecified atom stereocenters. The third kappa shape index (κ3) is 5.32. The predicted molar refractivity (Wildman–Crippen MR) is 135 cm³/mol. The first-order valence-electron chi connectivity index (χ1n) is 12.1. The predicted octanol–water partition coefficient (Wildman–Crippen LogP) is 4.43. The molecular formula is C26H26F3N5O3S. The largest absolute Gasteiger partial charge is 0.417 e. The van der Waals surface area contributed by atoms with Gasteiger partial charge in [-0.2, -0.15) is 17.5 Å². The van der Waals surface area contributed by atoms with Gasteiger partial charge < -0.3 is 16.0 Å². The summed E-state index contributed by atoms with van der Waals surface area (Å²) in [6.07, 6.45) is -2.67. The second-order valence-electron chi connectivity index (χ2n) is 9.45. The van der Waals surface area contributed by atoms with E-state index in [0.717, 1.165) is 34.5 Å². The summed E-state index contributed by atoms with van der Waals surface area (Å²) in [7, 11) is -3.70. The molecule has 0 atom stereocenters.